The van der Waals surface area contributed by atoms with Crippen LogP contribution >= 0.6 is 0 Å². The number of carbonyl (C=O) groups is 1. The molecule has 0 radical (unpaired) electrons. The summed E-state index contributed by atoms with van der Waals surface area (Å²) in [5.41, 5.74) is 4.15. The van der Waals surface area contributed by atoms with E-state index in [9.17, 15) is 13.6 Å². The van der Waals surface area contributed by atoms with Crippen molar-refractivity contribution in [2.75, 3.05) is 7.11 Å². The number of nitrogens with one attached hydrogen (secondary N) is 1. The molecule has 3 rings (SSSR count). The lowest BCUT2D eigenvalue weighted by atomic mass is 10.1. The molecule has 1 aromatic heterocycles. The Labute approximate surface area is 173 Å². The Hall–Kier alpha value is -3.42. The van der Waals surface area contributed by atoms with Crippen molar-refractivity contribution in [1.82, 2.24) is 15.1 Å². The molecule has 0 saturated carbocycles. The average molecular weight is 415 g/mol. The number of aromatic nitrogens is 2. The fourth-order valence-corrected chi connectivity index (χ4v) is 3.17. The first-order chi connectivity index (χ1) is 14.4. The molecule has 2 aromatic carbocycles. The molecule has 1 N–H and O–H groups in total. The van der Waals surface area contributed by atoms with Gasteiger partial charge in [0.1, 0.15) is 0 Å². The van der Waals surface area contributed by atoms with Gasteiger partial charge in [0.25, 0.3) is 5.91 Å². The number of halogens is 2. The molecule has 0 spiro atoms. The molecule has 0 aliphatic heterocycles. The summed E-state index contributed by atoms with van der Waals surface area (Å²) in [5, 5.41) is 7.43. The third kappa shape index (κ3) is 4.94. The summed E-state index contributed by atoms with van der Waals surface area (Å²) in [6, 6.07) is 14.1. The zero-order valence-electron chi connectivity index (χ0n) is 17.0. The number of benzene rings is 2. The number of nitrogens with zero attached hydrogens (tertiary/aromatic N) is 2. The molecule has 0 saturated heterocycles. The smallest absolute Gasteiger partial charge is 0.387 e. The lowest BCUT2D eigenvalue weighted by molar-refractivity contribution is -0.0512. The second-order valence-corrected chi connectivity index (χ2v) is 6.72. The topological polar surface area (TPSA) is 65.4 Å². The average Bonchev–Trinajstić information content (AvgIpc) is 2.99. The van der Waals surface area contributed by atoms with E-state index in [1.807, 2.05) is 48.9 Å². The van der Waals surface area contributed by atoms with Crippen molar-refractivity contribution >= 4 is 5.91 Å². The highest BCUT2D eigenvalue weighted by Crippen LogP contribution is 2.29. The van der Waals surface area contributed by atoms with E-state index < -0.39 is 6.61 Å². The number of rotatable bonds is 8. The lowest BCUT2D eigenvalue weighted by Crippen LogP contribution is -2.23. The molecular formula is C22H23F2N3O3. The fraction of sp³-hybridized carbons (Fsp3) is 0.273. The van der Waals surface area contributed by atoms with Crippen LogP contribution in [-0.2, 0) is 13.1 Å². The molecule has 0 atom stereocenters. The molecule has 0 bridgehead atoms. The van der Waals surface area contributed by atoms with E-state index in [0.29, 0.717) is 13.1 Å². The van der Waals surface area contributed by atoms with Gasteiger partial charge < -0.3 is 14.8 Å². The molecule has 158 valence electrons. The minimum absolute atomic E-state index is 0.0611. The first-order valence-corrected chi connectivity index (χ1v) is 9.37. The van der Waals surface area contributed by atoms with Crippen molar-refractivity contribution in [3.05, 3.63) is 76.6 Å². The summed E-state index contributed by atoms with van der Waals surface area (Å²) in [4.78, 5) is 12.6. The summed E-state index contributed by atoms with van der Waals surface area (Å²) < 4.78 is 36.2. The normalized spacial score (nSPS) is 10.9. The summed E-state index contributed by atoms with van der Waals surface area (Å²) in [6.07, 6.45) is 0. The Morgan fingerprint density at radius 1 is 1.13 bits per heavy atom. The zero-order valence-corrected chi connectivity index (χ0v) is 17.0. The third-order valence-corrected chi connectivity index (χ3v) is 4.77. The Bertz CT molecular complexity index is 1020. The van der Waals surface area contributed by atoms with Gasteiger partial charge >= 0.3 is 6.61 Å². The number of aryl methyl sites for hydroxylation is 1. The van der Waals surface area contributed by atoms with Crippen LogP contribution < -0.4 is 14.8 Å². The Morgan fingerprint density at radius 3 is 2.53 bits per heavy atom. The van der Waals surface area contributed by atoms with Crippen molar-refractivity contribution in [2.45, 2.75) is 33.5 Å². The third-order valence-electron chi connectivity index (χ3n) is 4.77. The van der Waals surface area contributed by atoms with Gasteiger partial charge in [0.2, 0.25) is 0 Å². The Morgan fingerprint density at radius 2 is 1.87 bits per heavy atom. The minimum atomic E-state index is -2.98. The molecule has 0 fully saturated rings. The maximum absolute atomic E-state index is 12.6. The maximum Gasteiger partial charge on any atom is 0.387 e. The Kier molecular flexibility index (Phi) is 6.66. The molecule has 0 aliphatic rings. The van der Waals surface area contributed by atoms with E-state index in [2.05, 4.69) is 15.2 Å². The van der Waals surface area contributed by atoms with Gasteiger partial charge in [0, 0.05) is 23.4 Å². The molecule has 1 amide bonds. The van der Waals surface area contributed by atoms with E-state index in [0.717, 1.165) is 22.5 Å². The molecule has 0 unspecified atom stereocenters. The molecule has 8 heteroatoms. The van der Waals surface area contributed by atoms with E-state index in [4.69, 9.17) is 4.74 Å². The number of amides is 1. The van der Waals surface area contributed by atoms with Gasteiger partial charge in [-0.15, -0.1) is 0 Å². The van der Waals surface area contributed by atoms with Gasteiger partial charge in [0.05, 0.1) is 19.3 Å². The quantitative estimate of drug-likeness (QED) is 0.602. The Balaban J connectivity index is 1.70. The van der Waals surface area contributed by atoms with Crippen LogP contribution in [0.25, 0.3) is 0 Å². The monoisotopic (exact) mass is 415 g/mol. The van der Waals surface area contributed by atoms with Gasteiger partial charge in [-0.25, -0.2) is 0 Å². The highest BCUT2D eigenvalue weighted by molar-refractivity contribution is 5.94. The molecule has 3 aromatic rings. The number of ether oxygens (including phenoxy) is 2. The van der Waals surface area contributed by atoms with Crippen LogP contribution in [0.5, 0.6) is 11.5 Å². The van der Waals surface area contributed by atoms with Crippen LogP contribution in [0.4, 0.5) is 8.78 Å². The van der Waals surface area contributed by atoms with Gasteiger partial charge in [-0.3, -0.25) is 9.48 Å². The predicted octanol–water partition coefficient (Wildman–Crippen LogP) is 4.09. The predicted molar refractivity (Wildman–Crippen MR) is 108 cm³/mol. The molecule has 6 nitrogen and oxygen atoms in total. The minimum Gasteiger partial charge on any atom is -0.493 e. The summed E-state index contributed by atoms with van der Waals surface area (Å²) >= 11 is 0. The fourth-order valence-electron chi connectivity index (χ4n) is 3.17. The summed E-state index contributed by atoms with van der Waals surface area (Å²) in [7, 11) is 1.32. The van der Waals surface area contributed by atoms with E-state index in [1.165, 1.54) is 25.3 Å². The van der Waals surface area contributed by atoms with E-state index in [1.54, 1.807) is 0 Å². The summed E-state index contributed by atoms with van der Waals surface area (Å²) in [5.74, 6) is -0.421. The second kappa shape index (κ2) is 9.39. The number of hydrogen-bond acceptors (Lipinski definition) is 4. The van der Waals surface area contributed by atoms with Gasteiger partial charge in [-0.2, -0.15) is 13.9 Å². The summed E-state index contributed by atoms with van der Waals surface area (Å²) in [6.45, 7) is 1.82. The highest BCUT2D eigenvalue weighted by Gasteiger charge is 2.16. The van der Waals surface area contributed by atoms with E-state index >= 15 is 0 Å². The van der Waals surface area contributed by atoms with Crippen molar-refractivity contribution in [3.8, 4) is 11.5 Å². The largest absolute Gasteiger partial charge is 0.493 e. The van der Waals surface area contributed by atoms with Crippen molar-refractivity contribution in [3.63, 3.8) is 0 Å². The van der Waals surface area contributed by atoms with E-state index in [-0.39, 0.29) is 23.0 Å². The standard InChI is InChI=1S/C22H23F2N3O3/c1-14-18(15(2)27(26-14)13-16-7-5-4-6-8-16)12-25-21(28)17-9-10-19(30-22(23)24)20(11-17)29-3/h4-11,22H,12-13H2,1-3H3,(H,25,28). The van der Waals surface area contributed by atoms with Crippen LogP contribution in [-0.4, -0.2) is 29.4 Å². The van der Waals surface area contributed by atoms with Gasteiger partial charge in [-0.1, -0.05) is 30.3 Å². The van der Waals surface area contributed by atoms with Crippen LogP contribution in [0.3, 0.4) is 0 Å². The van der Waals surface area contributed by atoms with Crippen molar-refractivity contribution in [1.29, 1.82) is 0 Å². The molecule has 0 aliphatic carbocycles. The molecule has 30 heavy (non-hydrogen) atoms. The second-order valence-electron chi connectivity index (χ2n) is 6.72. The van der Waals surface area contributed by atoms with Crippen LogP contribution in [0.2, 0.25) is 0 Å². The highest BCUT2D eigenvalue weighted by atomic mass is 19.3. The maximum atomic E-state index is 12.6. The van der Waals surface area contributed by atoms with Crippen molar-refractivity contribution in [2.24, 2.45) is 0 Å². The molecular weight excluding hydrogens is 392 g/mol. The lowest BCUT2D eigenvalue weighted by Gasteiger charge is -2.12. The van der Waals surface area contributed by atoms with Crippen LogP contribution in [0.15, 0.2) is 48.5 Å². The SMILES string of the molecule is COc1cc(C(=O)NCc2c(C)nn(Cc3ccccc3)c2C)ccc1OC(F)F. The number of methoxy groups -OCH3 is 1. The van der Waals surface area contributed by atoms with Crippen molar-refractivity contribution < 1.29 is 23.0 Å². The number of carbonyl (C=O) groups excluding carboxylic acids is 1. The number of alkyl halides is 2. The van der Waals surface area contributed by atoms with Gasteiger partial charge in [-0.05, 0) is 37.6 Å². The van der Waals surface area contributed by atoms with Crippen LogP contribution in [0, 0.1) is 13.8 Å². The number of hydrogen-bond donors (Lipinski definition) is 1. The first-order valence-electron chi connectivity index (χ1n) is 9.37. The zero-order chi connectivity index (χ0) is 21.7. The molecule has 1 heterocycles. The van der Waals surface area contributed by atoms with Gasteiger partial charge in [0.15, 0.2) is 11.5 Å². The first kappa shape index (κ1) is 21.3. The van der Waals surface area contributed by atoms with Crippen LogP contribution in [0.1, 0.15) is 32.9 Å².